The van der Waals surface area contributed by atoms with Crippen molar-refractivity contribution < 1.29 is 4.79 Å². The topological polar surface area (TPSA) is 41.1 Å². The molecule has 1 amide bonds. The van der Waals surface area contributed by atoms with Gasteiger partial charge in [-0.2, -0.15) is 11.8 Å². The van der Waals surface area contributed by atoms with Crippen LogP contribution in [0, 0.1) is 5.92 Å². The van der Waals surface area contributed by atoms with Crippen LogP contribution < -0.4 is 10.6 Å². The molecule has 1 heterocycles. The summed E-state index contributed by atoms with van der Waals surface area (Å²) in [5, 5.41) is 6.51. The lowest BCUT2D eigenvalue weighted by Crippen LogP contribution is -2.43. The van der Waals surface area contributed by atoms with E-state index in [2.05, 4.69) is 31.4 Å². The van der Waals surface area contributed by atoms with Crippen molar-refractivity contribution in [1.29, 1.82) is 0 Å². The van der Waals surface area contributed by atoms with Crippen LogP contribution in [0.2, 0.25) is 0 Å². The molecule has 19 heavy (non-hydrogen) atoms. The van der Waals surface area contributed by atoms with Crippen molar-refractivity contribution >= 4 is 30.1 Å². The van der Waals surface area contributed by atoms with Crippen molar-refractivity contribution in [1.82, 2.24) is 10.6 Å². The highest BCUT2D eigenvalue weighted by atomic mass is 35.5. The van der Waals surface area contributed by atoms with E-state index in [-0.39, 0.29) is 18.3 Å². The Bertz CT molecular complexity index is 246. The second-order valence-electron chi connectivity index (χ2n) is 5.72. The molecule has 0 aromatic rings. The number of hydrogen-bond donors (Lipinski definition) is 2. The Hall–Kier alpha value is 0.0700. The zero-order chi connectivity index (χ0) is 13.4. The number of rotatable bonds is 7. The molecule has 0 radical (unpaired) electrons. The Balaban J connectivity index is 0.00000324. The van der Waals surface area contributed by atoms with E-state index in [4.69, 9.17) is 0 Å². The summed E-state index contributed by atoms with van der Waals surface area (Å²) >= 11 is 1.94. The van der Waals surface area contributed by atoms with Crippen molar-refractivity contribution in [2.75, 3.05) is 18.1 Å². The van der Waals surface area contributed by atoms with Gasteiger partial charge >= 0.3 is 0 Å². The van der Waals surface area contributed by atoms with Gasteiger partial charge in [0.2, 0.25) is 5.91 Å². The summed E-state index contributed by atoms with van der Waals surface area (Å²) in [6, 6.07) is 0.680. The molecule has 2 N–H and O–H groups in total. The smallest absolute Gasteiger partial charge is 0.221 e. The van der Waals surface area contributed by atoms with Gasteiger partial charge < -0.3 is 10.6 Å². The highest BCUT2D eigenvalue weighted by molar-refractivity contribution is 7.99. The fraction of sp³-hybridized carbons (Fsp3) is 0.929. The fourth-order valence-electron chi connectivity index (χ4n) is 2.21. The maximum atomic E-state index is 11.9. The fourth-order valence-corrected chi connectivity index (χ4v) is 3.16. The van der Waals surface area contributed by atoms with E-state index < -0.39 is 0 Å². The molecule has 1 fully saturated rings. The molecule has 0 aromatic carbocycles. The summed E-state index contributed by atoms with van der Waals surface area (Å²) in [5.41, 5.74) is 0. The van der Waals surface area contributed by atoms with Gasteiger partial charge in [-0.3, -0.25) is 4.79 Å². The van der Waals surface area contributed by atoms with Crippen molar-refractivity contribution in [2.24, 2.45) is 5.92 Å². The predicted molar refractivity (Wildman–Crippen MR) is 87.3 cm³/mol. The van der Waals surface area contributed by atoms with Crippen molar-refractivity contribution in [2.45, 2.75) is 58.5 Å². The average molecular weight is 309 g/mol. The Labute approximate surface area is 128 Å². The molecule has 2 unspecified atom stereocenters. The molecule has 1 rings (SSSR count). The van der Waals surface area contributed by atoms with Crippen molar-refractivity contribution in [3.63, 3.8) is 0 Å². The van der Waals surface area contributed by atoms with Crippen molar-refractivity contribution in [3.8, 4) is 0 Å². The van der Waals surface area contributed by atoms with E-state index in [1.807, 2.05) is 11.8 Å². The third-order valence-electron chi connectivity index (χ3n) is 3.26. The van der Waals surface area contributed by atoms with Crippen LogP contribution in [0.1, 0.15) is 46.5 Å². The monoisotopic (exact) mass is 308 g/mol. The summed E-state index contributed by atoms with van der Waals surface area (Å²) in [6.07, 6.45) is 4.18. The SMILES string of the molecule is CC(C)CCCC(C)NC(=O)CC1CSCCN1.Cl. The Morgan fingerprint density at radius 1 is 1.37 bits per heavy atom. The molecule has 1 saturated heterocycles. The van der Waals surface area contributed by atoms with Gasteiger partial charge in [-0.25, -0.2) is 0 Å². The van der Waals surface area contributed by atoms with Gasteiger partial charge in [0.15, 0.2) is 0 Å². The number of carbonyl (C=O) groups is 1. The molecule has 0 aromatic heterocycles. The third kappa shape index (κ3) is 9.58. The second-order valence-corrected chi connectivity index (χ2v) is 6.87. The molecule has 3 nitrogen and oxygen atoms in total. The predicted octanol–water partition coefficient (Wildman–Crippen LogP) is 2.83. The van der Waals surface area contributed by atoms with E-state index in [1.54, 1.807) is 0 Å². The molecule has 1 aliphatic heterocycles. The summed E-state index contributed by atoms with van der Waals surface area (Å²) in [7, 11) is 0. The van der Waals surface area contributed by atoms with Crippen LogP contribution in [-0.4, -0.2) is 36.0 Å². The first-order valence-electron chi connectivity index (χ1n) is 7.18. The van der Waals surface area contributed by atoms with Crippen LogP contribution in [0.4, 0.5) is 0 Å². The van der Waals surface area contributed by atoms with Gasteiger partial charge in [0.1, 0.15) is 0 Å². The van der Waals surface area contributed by atoms with Gasteiger partial charge in [0.05, 0.1) is 0 Å². The average Bonchev–Trinajstić information content (AvgIpc) is 2.29. The van der Waals surface area contributed by atoms with Gasteiger partial charge in [-0.15, -0.1) is 12.4 Å². The standard InChI is InChI=1S/C14H28N2OS.ClH/c1-11(2)5-4-6-12(3)16-14(17)9-13-10-18-8-7-15-13;/h11-13,15H,4-10H2,1-3H3,(H,16,17);1H. The lowest BCUT2D eigenvalue weighted by Gasteiger charge is -2.23. The summed E-state index contributed by atoms with van der Waals surface area (Å²) < 4.78 is 0. The molecule has 0 aliphatic carbocycles. The zero-order valence-electron chi connectivity index (χ0n) is 12.4. The Morgan fingerprint density at radius 2 is 2.11 bits per heavy atom. The number of amides is 1. The maximum Gasteiger partial charge on any atom is 0.221 e. The van der Waals surface area contributed by atoms with Crippen LogP contribution in [0.5, 0.6) is 0 Å². The summed E-state index contributed by atoms with van der Waals surface area (Å²) in [6.45, 7) is 7.64. The van der Waals surface area contributed by atoms with E-state index >= 15 is 0 Å². The Morgan fingerprint density at radius 3 is 2.68 bits per heavy atom. The van der Waals surface area contributed by atoms with Crippen LogP contribution >= 0.6 is 24.2 Å². The van der Waals surface area contributed by atoms with Crippen molar-refractivity contribution in [3.05, 3.63) is 0 Å². The first-order chi connectivity index (χ1) is 8.58. The van der Waals surface area contributed by atoms with E-state index in [9.17, 15) is 4.79 Å². The normalized spacial score (nSPS) is 20.7. The molecular formula is C14H29ClN2OS. The molecule has 0 spiro atoms. The maximum absolute atomic E-state index is 11.9. The number of thioether (sulfide) groups is 1. The molecule has 114 valence electrons. The van der Waals surface area contributed by atoms with Crippen LogP contribution in [0.3, 0.4) is 0 Å². The minimum absolute atomic E-state index is 0. The number of nitrogens with one attached hydrogen (secondary N) is 2. The molecule has 5 heteroatoms. The molecule has 1 aliphatic rings. The lowest BCUT2D eigenvalue weighted by atomic mass is 10.0. The van der Waals surface area contributed by atoms with Gasteiger partial charge in [0.25, 0.3) is 0 Å². The highest BCUT2D eigenvalue weighted by Crippen LogP contribution is 2.11. The molecular weight excluding hydrogens is 280 g/mol. The highest BCUT2D eigenvalue weighted by Gasteiger charge is 2.17. The van der Waals surface area contributed by atoms with Gasteiger partial charge in [-0.05, 0) is 19.3 Å². The van der Waals surface area contributed by atoms with E-state index in [0.29, 0.717) is 18.5 Å². The largest absolute Gasteiger partial charge is 0.354 e. The van der Waals surface area contributed by atoms with E-state index in [1.165, 1.54) is 18.6 Å². The summed E-state index contributed by atoms with van der Waals surface area (Å²) in [4.78, 5) is 11.9. The minimum atomic E-state index is 0. The quantitative estimate of drug-likeness (QED) is 0.760. The summed E-state index contributed by atoms with van der Waals surface area (Å²) in [5.74, 6) is 3.20. The lowest BCUT2D eigenvalue weighted by molar-refractivity contribution is -0.122. The zero-order valence-corrected chi connectivity index (χ0v) is 14.0. The molecule has 0 bridgehead atoms. The first kappa shape index (κ1) is 19.1. The van der Waals surface area contributed by atoms with Crippen LogP contribution in [-0.2, 0) is 4.79 Å². The number of carbonyl (C=O) groups excluding carboxylic acids is 1. The second kappa shape index (κ2) is 10.8. The van der Waals surface area contributed by atoms with Crippen LogP contribution in [0.15, 0.2) is 0 Å². The first-order valence-corrected chi connectivity index (χ1v) is 8.34. The Kier molecular flexibility index (Phi) is 10.8. The van der Waals surface area contributed by atoms with Gasteiger partial charge in [-0.1, -0.05) is 26.7 Å². The third-order valence-corrected chi connectivity index (χ3v) is 4.39. The molecule has 2 atom stereocenters. The van der Waals surface area contributed by atoms with Crippen LogP contribution in [0.25, 0.3) is 0 Å². The number of halogens is 1. The number of hydrogen-bond acceptors (Lipinski definition) is 3. The molecule has 0 saturated carbocycles. The van der Waals surface area contributed by atoms with E-state index in [0.717, 1.165) is 24.6 Å². The minimum Gasteiger partial charge on any atom is -0.354 e. The van der Waals surface area contributed by atoms with Gasteiger partial charge in [0, 0.05) is 36.6 Å².